The van der Waals surface area contributed by atoms with Crippen molar-refractivity contribution >= 4 is 15.9 Å². The topological polar surface area (TPSA) is 12.5 Å². The quantitative estimate of drug-likeness (QED) is 0.778. The molecule has 0 amide bonds. The minimum atomic E-state index is 0.740. The van der Waals surface area contributed by atoms with E-state index in [-0.39, 0.29) is 0 Å². The van der Waals surface area contributed by atoms with Crippen LogP contribution in [0.4, 0.5) is 0 Å². The molecule has 3 heteroatoms. The number of para-hydroxylation sites is 1. The molecule has 15 heavy (non-hydrogen) atoms. The van der Waals surface area contributed by atoms with Gasteiger partial charge in [-0.15, -0.1) is 0 Å². The number of nitrogens with zero attached hydrogens (tertiary/aromatic N) is 1. The van der Waals surface area contributed by atoms with Gasteiger partial charge in [-0.05, 0) is 28.1 Å². The lowest BCUT2D eigenvalue weighted by Gasteiger charge is -2.15. The zero-order valence-corrected chi connectivity index (χ0v) is 10.1. The Morgan fingerprint density at radius 3 is 2.67 bits per heavy atom. The molecular formula is C12H14BrNO. The summed E-state index contributed by atoms with van der Waals surface area (Å²) in [5.41, 5.74) is 0. The summed E-state index contributed by atoms with van der Waals surface area (Å²) in [6, 6.07) is 7.94. The summed E-state index contributed by atoms with van der Waals surface area (Å²) >= 11 is 3.46. The lowest BCUT2D eigenvalue weighted by atomic mass is 10.3. The molecule has 0 aliphatic carbocycles. The van der Waals surface area contributed by atoms with Gasteiger partial charge in [0.1, 0.15) is 12.4 Å². The van der Waals surface area contributed by atoms with E-state index in [1.54, 1.807) is 0 Å². The van der Waals surface area contributed by atoms with Gasteiger partial charge in [-0.1, -0.05) is 24.3 Å². The second-order valence-electron chi connectivity index (χ2n) is 3.51. The number of ether oxygens (including phenoxy) is 1. The average molecular weight is 268 g/mol. The van der Waals surface area contributed by atoms with E-state index in [4.69, 9.17) is 4.74 Å². The van der Waals surface area contributed by atoms with E-state index >= 15 is 0 Å². The number of hydrogen-bond donors (Lipinski definition) is 0. The molecule has 1 aromatic carbocycles. The van der Waals surface area contributed by atoms with Crippen molar-refractivity contribution < 1.29 is 4.74 Å². The highest BCUT2D eigenvalue weighted by Gasteiger charge is 2.06. The molecular weight excluding hydrogens is 254 g/mol. The van der Waals surface area contributed by atoms with Crippen molar-refractivity contribution in [3.63, 3.8) is 0 Å². The molecule has 0 saturated heterocycles. The molecule has 0 atom stereocenters. The Morgan fingerprint density at radius 1 is 1.20 bits per heavy atom. The van der Waals surface area contributed by atoms with Crippen LogP contribution in [0.15, 0.2) is 40.9 Å². The third kappa shape index (κ3) is 3.08. The van der Waals surface area contributed by atoms with Crippen molar-refractivity contribution in [1.82, 2.24) is 4.90 Å². The van der Waals surface area contributed by atoms with Gasteiger partial charge in [-0.3, -0.25) is 4.90 Å². The highest BCUT2D eigenvalue weighted by Crippen LogP contribution is 2.23. The van der Waals surface area contributed by atoms with Gasteiger partial charge in [0.2, 0.25) is 0 Å². The first kappa shape index (κ1) is 10.7. The largest absolute Gasteiger partial charge is 0.491 e. The summed E-state index contributed by atoms with van der Waals surface area (Å²) in [6.45, 7) is 3.83. The van der Waals surface area contributed by atoms with Crippen LogP contribution < -0.4 is 4.74 Å². The molecule has 0 unspecified atom stereocenters. The molecule has 0 N–H and O–H groups in total. The first-order valence-corrected chi connectivity index (χ1v) is 5.90. The summed E-state index contributed by atoms with van der Waals surface area (Å²) in [4.78, 5) is 2.34. The van der Waals surface area contributed by atoms with Crippen LogP contribution in [0.25, 0.3) is 0 Å². The monoisotopic (exact) mass is 267 g/mol. The highest BCUT2D eigenvalue weighted by atomic mass is 79.9. The maximum Gasteiger partial charge on any atom is 0.133 e. The van der Waals surface area contributed by atoms with Crippen LogP contribution in [-0.2, 0) is 0 Å². The van der Waals surface area contributed by atoms with E-state index in [0.717, 1.165) is 36.5 Å². The molecule has 0 fully saturated rings. The van der Waals surface area contributed by atoms with Gasteiger partial charge in [-0.25, -0.2) is 0 Å². The van der Waals surface area contributed by atoms with Crippen LogP contribution in [0.2, 0.25) is 0 Å². The molecule has 1 aliphatic rings. The van der Waals surface area contributed by atoms with Crippen LogP contribution in [0.5, 0.6) is 5.75 Å². The fourth-order valence-electron chi connectivity index (χ4n) is 1.55. The van der Waals surface area contributed by atoms with Crippen molar-refractivity contribution in [3.05, 3.63) is 40.9 Å². The van der Waals surface area contributed by atoms with E-state index < -0.39 is 0 Å². The molecule has 1 aliphatic heterocycles. The SMILES string of the molecule is Brc1ccccc1OCCN1CC=CC1. The summed E-state index contributed by atoms with van der Waals surface area (Å²) < 4.78 is 6.70. The maximum atomic E-state index is 5.68. The second-order valence-corrected chi connectivity index (χ2v) is 4.36. The lowest BCUT2D eigenvalue weighted by Crippen LogP contribution is -2.25. The second kappa shape index (κ2) is 5.33. The van der Waals surface area contributed by atoms with Crippen molar-refractivity contribution in [2.45, 2.75) is 0 Å². The van der Waals surface area contributed by atoms with Crippen molar-refractivity contribution in [1.29, 1.82) is 0 Å². The first-order chi connectivity index (χ1) is 7.36. The predicted octanol–water partition coefficient (Wildman–Crippen LogP) is 2.70. The van der Waals surface area contributed by atoms with Crippen molar-refractivity contribution in [2.75, 3.05) is 26.2 Å². The van der Waals surface area contributed by atoms with Gasteiger partial charge in [0.25, 0.3) is 0 Å². The zero-order valence-electron chi connectivity index (χ0n) is 8.53. The minimum absolute atomic E-state index is 0.740. The number of rotatable bonds is 4. The van der Waals surface area contributed by atoms with Crippen LogP contribution >= 0.6 is 15.9 Å². The van der Waals surface area contributed by atoms with E-state index in [2.05, 4.69) is 33.0 Å². The van der Waals surface area contributed by atoms with Gasteiger partial charge in [0, 0.05) is 19.6 Å². The average Bonchev–Trinajstić information content (AvgIpc) is 2.74. The molecule has 0 aromatic heterocycles. The summed E-state index contributed by atoms with van der Waals surface area (Å²) in [6.07, 6.45) is 4.39. The Hall–Kier alpha value is -0.800. The third-order valence-corrected chi connectivity index (χ3v) is 3.05. The predicted molar refractivity (Wildman–Crippen MR) is 65.2 cm³/mol. The van der Waals surface area contributed by atoms with E-state index in [9.17, 15) is 0 Å². The zero-order chi connectivity index (χ0) is 10.5. The minimum Gasteiger partial charge on any atom is -0.491 e. The third-order valence-electron chi connectivity index (χ3n) is 2.40. The molecule has 80 valence electrons. The van der Waals surface area contributed by atoms with Gasteiger partial charge in [0.05, 0.1) is 4.47 Å². The summed E-state index contributed by atoms with van der Waals surface area (Å²) in [7, 11) is 0. The van der Waals surface area contributed by atoms with E-state index in [0.29, 0.717) is 0 Å². The van der Waals surface area contributed by atoms with Gasteiger partial charge in [0.15, 0.2) is 0 Å². The number of benzene rings is 1. The first-order valence-electron chi connectivity index (χ1n) is 5.11. The summed E-state index contributed by atoms with van der Waals surface area (Å²) in [5, 5.41) is 0. The molecule has 0 bridgehead atoms. The van der Waals surface area contributed by atoms with Gasteiger partial charge >= 0.3 is 0 Å². The fourth-order valence-corrected chi connectivity index (χ4v) is 1.95. The van der Waals surface area contributed by atoms with Crippen LogP contribution in [0.1, 0.15) is 0 Å². The normalized spacial score (nSPS) is 15.8. The van der Waals surface area contributed by atoms with Gasteiger partial charge < -0.3 is 4.74 Å². The molecule has 1 heterocycles. The molecule has 0 saturated carbocycles. The maximum absolute atomic E-state index is 5.68. The smallest absolute Gasteiger partial charge is 0.133 e. The van der Waals surface area contributed by atoms with E-state index in [1.807, 2.05) is 24.3 Å². The standard InChI is InChI=1S/C12H14BrNO/c13-11-5-1-2-6-12(11)15-10-9-14-7-3-4-8-14/h1-6H,7-10H2. The molecule has 2 nitrogen and oxygen atoms in total. The lowest BCUT2D eigenvalue weighted by molar-refractivity contribution is 0.242. The molecule has 2 rings (SSSR count). The molecule has 0 radical (unpaired) electrons. The van der Waals surface area contributed by atoms with Crippen molar-refractivity contribution in [2.24, 2.45) is 0 Å². The highest BCUT2D eigenvalue weighted by molar-refractivity contribution is 9.10. The Balaban J connectivity index is 1.76. The number of halogens is 1. The Bertz CT molecular complexity index is 343. The van der Waals surface area contributed by atoms with Crippen LogP contribution in [0.3, 0.4) is 0 Å². The fraction of sp³-hybridized carbons (Fsp3) is 0.333. The van der Waals surface area contributed by atoms with Crippen LogP contribution in [0, 0.1) is 0 Å². The number of hydrogen-bond acceptors (Lipinski definition) is 2. The van der Waals surface area contributed by atoms with E-state index in [1.165, 1.54) is 0 Å². The van der Waals surface area contributed by atoms with Gasteiger partial charge in [-0.2, -0.15) is 0 Å². The molecule has 1 aromatic rings. The molecule has 0 spiro atoms. The Labute approximate surface area is 98.7 Å². The Morgan fingerprint density at radius 2 is 1.93 bits per heavy atom. The summed E-state index contributed by atoms with van der Waals surface area (Å²) in [5.74, 6) is 0.921. The van der Waals surface area contributed by atoms with Crippen LogP contribution in [-0.4, -0.2) is 31.1 Å². The Kier molecular flexibility index (Phi) is 3.80. The van der Waals surface area contributed by atoms with Crippen molar-refractivity contribution in [3.8, 4) is 5.75 Å².